The Morgan fingerprint density at radius 1 is 1.12 bits per heavy atom. The smallest absolute Gasteiger partial charge is 0.347 e. The lowest BCUT2D eigenvalue weighted by atomic mass is 10.2. The first-order chi connectivity index (χ1) is 12.1. The molecule has 1 heterocycles. The van der Waals surface area contributed by atoms with Crippen molar-refractivity contribution in [2.45, 2.75) is 19.6 Å². The first-order valence-corrected chi connectivity index (χ1v) is 7.58. The van der Waals surface area contributed by atoms with Crippen LogP contribution in [0.2, 0.25) is 0 Å². The number of benzene rings is 2. The Hall–Kier alpha value is -3.22. The van der Waals surface area contributed by atoms with Crippen LogP contribution in [0.25, 0.3) is 11.5 Å². The highest BCUT2D eigenvalue weighted by Gasteiger charge is 2.18. The molecule has 0 aliphatic rings. The van der Waals surface area contributed by atoms with E-state index in [1.807, 2.05) is 30.3 Å². The topological polar surface area (TPSA) is 74.5 Å². The zero-order valence-corrected chi connectivity index (χ0v) is 13.4. The van der Waals surface area contributed by atoms with Gasteiger partial charge in [-0.15, -0.1) is 10.2 Å². The second kappa shape index (κ2) is 7.57. The van der Waals surface area contributed by atoms with Gasteiger partial charge in [-0.1, -0.05) is 18.2 Å². The van der Waals surface area contributed by atoms with E-state index in [1.165, 1.54) is 31.2 Å². The van der Waals surface area contributed by atoms with E-state index in [2.05, 4.69) is 10.2 Å². The van der Waals surface area contributed by atoms with Gasteiger partial charge in [0.1, 0.15) is 11.6 Å². The fourth-order valence-corrected chi connectivity index (χ4v) is 2.02. The Bertz CT molecular complexity index is 834. The van der Waals surface area contributed by atoms with Crippen molar-refractivity contribution in [2.75, 3.05) is 0 Å². The summed E-state index contributed by atoms with van der Waals surface area (Å²) < 4.78 is 28.8. The van der Waals surface area contributed by atoms with Crippen molar-refractivity contribution in [3.05, 3.63) is 66.3 Å². The molecule has 0 fully saturated rings. The summed E-state index contributed by atoms with van der Waals surface area (Å²) in [5.74, 6) is -0.0737. The van der Waals surface area contributed by atoms with E-state index < -0.39 is 12.1 Å². The van der Waals surface area contributed by atoms with Gasteiger partial charge in [0.15, 0.2) is 12.7 Å². The lowest BCUT2D eigenvalue weighted by Crippen LogP contribution is -2.26. The number of nitrogens with zero attached hydrogens (tertiary/aromatic N) is 2. The van der Waals surface area contributed by atoms with Gasteiger partial charge in [0.25, 0.3) is 5.89 Å². The summed E-state index contributed by atoms with van der Waals surface area (Å²) in [6, 6.07) is 14.6. The SMILES string of the molecule is C[C@H](Oc1ccc(F)cc1)C(=O)OCc1nnc(-c2ccccc2)o1. The van der Waals surface area contributed by atoms with Crippen LogP contribution in [-0.2, 0) is 16.1 Å². The van der Waals surface area contributed by atoms with Crippen LogP contribution in [-0.4, -0.2) is 22.3 Å². The Kier molecular flexibility index (Phi) is 5.03. The van der Waals surface area contributed by atoms with Crippen molar-refractivity contribution in [1.82, 2.24) is 10.2 Å². The first kappa shape index (κ1) is 16.6. The molecule has 1 aromatic heterocycles. The summed E-state index contributed by atoms with van der Waals surface area (Å²) in [7, 11) is 0. The number of halogens is 1. The quantitative estimate of drug-likeness (QED) is 0.639. The minimum Gasteiger partial charge on any atom is -0.479 e. The molecule has 0 amide bonds. The molecule has 2 aromatic carbocycles. The minimum absolute atomic E-state index is 0.157. The van der Waals surface area contributed by atoms with E-state index >= 15 is 0 Å². The van der Waals surface area contributed by atoms with E-state index in [1.54, 1.807) is 0 Å². The summed E-state index contributed by atoms with van der Waals surface area (Å²) in [6.07, 6.45) is -0.859. The summed E-state index contributed by atoms with van der Waals surface area (Å²) in [5, 5.41) is 7.75. The van der Waals surface area contributed by atoms with Gasteiger partial charge < -0.3 is 13.9 Å². The number of ether oxygens (including phenoxy) is 2. The van der Waals surface area contributed by atoms with Gasteiger partial charge in [0.2, 0.25) is 5.89 Å². The van der Waals surface area contributed by atoms with Crippen molar-refractivity contribution < 1.29 is 23.1 Å². The molecule has 6 nitrogen and oxygen atoms in total. The second-order valence-electron chi connectivity index (χ2n) is 5.19. The van der Waals surface area contributed by atoms with Crippen molar-refractivity contribution in [1.29, 1.82) is 0 Å². The van der Waals surface area contributed by atoms with Crippen molar-refractivity contribution >= 4 is 5.97 Å². The van der Waals surface area contributed by atoms with Crippen LogP contribution in [0.4, 0.5) is 4.39 Å². The van der Waals surface area contributed by atoms with Crippen LogP contribution in [0.1, 0.15) is 12.8 Å². The Morgan fingerprint density at radius 3 is 2.56 bits per heavy atom. The molecule has 0 saturated carbocycles. The van der Waals surface area contributed by atoms with Gasteiger partial charge in [0, 0.05) is 5.56 Å². The van der Waals surface area contributed by atoms with Gasteiger partial charge in [-0.3, -0.25) is 0 Å². The molecule has 0 bridgehead atoms. The fourth-order valence-electron chi connectivity index (χ4n) is 2.02. The lowest BCUT2D eigenvalue weighted by Gasteiger charge is -2.13. The average molecular weight is 342 g/mol. The van der Waals surface area contributed by atoms with E-state index in [0.717, 1.165) is 5.56 Å². The predicted molar refractivity (Wildman–Crippen MR) is 86.0 cm³/mol. The number of rotatable bonds is 6. The number of hydrogen-bond acceptors (Lipinski definition) is 6. The third-order valence-electron chi connectivity index (χ3n) is 3.28. The molecule has 3 aromatic rings. The molecule has 0 spiro atoms. The summed E-state index contributed by atoms with van der Waals surface area (Å²) in [6.45, 7) is 1.38. The summed E-state index contributed by atoms with van der Waals surface area (Å²) in [5.41, 5.74) is 0.778. The molecule has 7 heteroatoms. The number of esters is 1. The predicted octanol–water partition coefficient (Wildman–Crippen LogP) is 3.39. The van der Waals surface area contributed by atoms with Crippen LogP contribution in [0.5, 0.6) is 5.75 Å². The van der Waals surface area contributed by atoms with E-state index in [0.29, 0.717) is 11.6 Å². The highest BCUT2D eigenvalue weighted by Crippen LogP contribution is 2.18. The Morgan fingerprint density at radius 2 is 1.84 bits per heavy atom. The standard InChI is InChI=1S/C18H15FN2O4/c1-12(24-15-9-7-14(19)8-10-15)18(22)23-11-16-20-21-17(25-16)13-5-3-2-4-6-13/h2-10,12H,11H2,1H3/t12-/m0/s1. The van der Waals surface area contributed by atoms with E-state index in [9.17, 15) is 9.18 Å². The molecule has 0 radical (unpaired) electrons. The third kappa shape index (κ3) is 4.41. The molecule has 0 unspecified atom stereocenters. The second-order valence-corrected chi connectivity index (χ2v) is 5.19. The van der Waals surface area contributed by atoms with Crippen LogP contribution in [0.3, 0.4) is 0 Å². The number of carbonyl (C=O) groups is 1. The lowest BCUT2D eigenvalue weighted by molar-refractivity contribution is -0.153. The molecule has 128 valence electrons. The first-order valence-electron chi connectivity index (χ1n) is 7.58. The van der Waals surface area contributed by atoms with Crippen LogP contribution in [0.15, 0.2) is 59.0 Å². The average Bonchev–Trinajstić information content (AvgIpc) is 3.11. The minimum atomic E-state index is -0.859. The van der Waals surface area contributed by atoms with E-state index in [4.69, 9.17) is 13.9 Å². The largest absolute Gasteiger partial charge is 0.479 e. The van der Waals surface area contributed by atoms with Gasteiger partial charge in [-0.25, -0.2) is 9.18 Å². The summed E-state index contributed by atoms with van der Waals surface area (Å²) >= 11 is 0. The van der Waals surface area contributed by atoms with E-state index in [-0.39, 0.29) is 18.3 Å². The highest BCUT2D eigenvalue weighted by atomic mass is 19.1. The molecular formula is C18H15FN2O4. The number of carbonyl (C=O) groups excluding carboxylic acids is 1. The van der Waals surface area contributed by atoms with Gasteiger partial charge in [-0.05, 0) is 43.3 Å². The van der Waals surface area contributed by atoms with Crippen LogP contribution in [0, 0.1) is 5.82 Å². The third-order valence-corrected chi connectivity index (χ3v) is 3.28. The van der Waals surface area contributed by atoms with Gasteiger partial charge >= 0.3 is 5.97 Å². The number of aromatic nitrogens is 2. The summed E-state index contributed by atoms with van der Waals surface area (Å²) in [4.78, 5) is 12.0. The van der Waals surface area contributed by atoms with Crippen molar-refractivity contribution in [2.24, 2.45) is 0 Å². The Labute approximate surface area is 143 Å². The van der Waals surface area contributed by atoms with Crippen LogP contribution < -0.4 is 4.74 Å². The zero-order chi connectivity index (χ0) is 17.6. The maximum Gasteiger partial charge on any atom is 0.347 e. The zero-order valence-electron chi connectivity index (χ0n) is 13.4. The molecule has 0 aliphatic heterocycles. The molecular weight excluding hydrogens is 327 g/mol. The fraction of sp³-hybridized carbons (Fsp3) is 0.167. The Balaban J connectivity index is 1.53. The molecule has 3 rings (SSSR count). The molecule has 0 N–H and O–H groups in total. The van der Waals surface area contributed by atoms with Crippen molar-refractivity contribution in [3.63, 3.8) is 0 Å². The van der Waals surface area contributed by atoms with Gasteiger partial charge in [-0.2, -0.15) is 0 Å². The highest BCUT2D eigenvalue weighted by molar-refractivity contribution is 5.74. The monoisotopic (exact) mass is 342 g/mol. The normalized spacial score (nSPS) is 11.8. The molecule has 1 atom stereocenters. The van der Waals surface area contributed by atoms with Crippen LogP contribution >= 0.6 is 0 Å². The number of hydrogen-bond donors (Lipinski definition) is 0. The van der Waals surface area contributed by atoms with Crippen molar-refractivity contribution in [3.8, 4) is 17.2 Å². The molecule has 0 aliphatic carbocycles. The molecule has 25 heavy (non-hydrogen) atoms. The maximum absolute atomic E-state index is 12.8. The maximum atomic E-state index is 12.8. The molecule has 0 saturated heterocycles. The van der Waals surface area contributed by atoms with Gasteiger partial charge in [0.05, 0.1) is 0 Å².